The molecule has 0 aliphatic rings. The number of carbonyl (C=O) groups excluding carboxylic acids is 1. The average Bonchev–Trinajstić information content (AvgIpc) is 2.22. The Hall–Kier alpha value is -1.35. The van der Waals surface area contributed by atoms with Crippen LogP contribution in [-0.2, 0) is 16.0 Å². The number of nitrogens with two attached hydrogens (primary N) is 1. The van der Waals surface area contributed by atoms with Crippen LogP contribution >= 0.6 is 0 Å². The largest absolute Gasteiger partial charge is 0.469 e. The van der Waals surface area contributed by atoms with E-state index in [-0.39, 0.29) is 18.4 Å². The minimum atomic E-state index is -0.253. The second-order valence-corrected chi connectivity index (χ2v) is 4.17. The standard InChI is InChI=1S/C13H19NO2/c1-9-4-5-11(10(2)6-9)7-12(14)8-13(15)16-3/h4-6,12H,7-8,14H2,1-3H3. The minimum Gasteiger partial charge on any atom is -0.469 e. The molecule has 0 saturated heterocycles. The highest BCUT2D eigenvalue weighted by Crippen LogP contribution is 2.13. The Morgan fingerprint density at radius 3 is 2.69 bits per heavy atom. The van der Waals surface area contributed by atoms with Crippen LogP contribution in [-0.4, -0.2) is 19.1 Å². The molecule has 0 amide bonds. The van der Waals surface area contributed by atoms with E-state index in [1.807, 2.05) is 0 Å². The number of carbonyl (C=O) groups is 1. The number of rotatable bonds is 4. The molecule has 16 heavy (non-hydrogen) atoms. The third kappa shape index (κ3) is 3.66. The minimum absolute atomic E-state index is 0.172. The maximum Gasteiger partial charge on any atom is 0.307 e. The second-order valence-electron chi connectivity index (χ2n) is 4.17. The number of hydrogen-bond acceptors (Lipinski definition) is 3. The van der Waals surface area contributed by atoms with Gasteiger partial charge in [-0.1, -0.05) is 23.8 Å². The molecule has 88 valence electrons. The van der Waals surface area contributed by atoms with E-state index < -0.39 is 0 Å². The molecule has 2 N–H and O–H groups in total. The van der Waals surface area contributed by atoms with Crippen LogP contribution in [0.5, 0.6) is 0 Å². The van der Waals surface area contributed by atoms with Gasteiger partial charge in [0.1, 0.15) is 0 Å². The molecular formula is C13H19NO2. The first kappa shape index (κ1) is 12.7. The highest BCUT2D eigenvalue weighted by atomic mass is 16.5. The van der Waals surface area contributed by atoms with Gasteiger partial charge in [-0.3, -0.25) is 4.79 Å². The quantitative estimate of drug-likeness (QED) is 0.788. The molecule has 1 aromatic rings. The van der Waals surface area contributed by atoms with Crippen LogP contribution in [0.3, 0.4) is 0 Å². The van der Waals surface area contributed by atoms with Gasteiger partial charge < -0.3 is 10.5 Å². The summed E-state index contributed by atoms with van der Waals surface area (Å²) in [7, 11) is 1.38. The van der Waals surface area contributed by atoms with Crippen molar-refractivity contribution in [3.05, 3.63) is 34.9 Å². The van der Waals surface area contributed by atoms with Crippen molar-refractivity contribution >= 4 is 5.97 Å². The molecule has 0 aliphatic carbocycles. The molecule has 1 aromatic carbocycles. The van der Waals surface area contributed by atoms with Gasteiger partial charge in [0.2, 0.25) is 0 Å². The smallest absolute Gasteiger partial charge is 0.307 e. The van der Waals surface area contributed by atoms with Crippen LogP contribution in [0.4, 0.5) is 0 Å². The van der Waals surface area contributed by atoms with Gasteiger partial charge >= 0.3 is 5.97 Å². The number of aryl methyl sites for hydroxylation is 2. The molecule has 0 spiro atoms. The van der Waals surface area contributed by atoms with E-state index in [1.54, 1.807) is 0 Å². The lowest BCUT2D eigenvalue weighted by Crippen LogP contribution is -2.27. The third-order valence-corrected chi connectivity index (χ3v) is 2.64. The predicted molar refractivity (Wildman–Crippen MR) is 64.2 cm³/mol. The maximum absolute atomic E-state index is 11.0. The van der Waals surface area contributed by atoms with Crippen molar-refractivity contribution in [1.82, 2.24) is 0 Å². The molecule has 0 aliphatic heterocycles. The molecule has 1 unspecified atom stereocenters. The highest BCUT2D eigenvalue weighted by molar-refractivity contribution is 5.69. The summed E-state index contributed by atoms with van der Waals surface area (Å²) in [4.78, 5) is 11.0. The SMILES string of the molecule is COC(=O)CC(N)Cc1ccc(C)cc1C. The number of esters is 1. The van der Waals surface area contributed by atoms with Crippen molar-refractivity contribution in [3.63, 3.8) is 0 Å². The van der Waals surface area contributed by atoms with E-state index >= 15 is 0 Å². The Morgan fingerprint density at radius 1 is 1.44 bits per heavy atom. The zero-order chi connectivity index (χ0) is 12.1. The topological polar surface area (TPSA) is 52.3 Å². The Morgan fingerprint density at radius 2 is 2.12 bits per heavy atom. The first-order chi connectivity index (χ1) is 7.52. The van der Waals surface area contributed by atoms with Crippen LogP contribution in [0, 0.1) is 13.8 Å². The maximum atomic E-state index is 11.0. The zero-order valence-corrected chi connectivity index (χ0v) is 10.1. The summed E-state index contributed by atoms with van der Waals surface area (Å²) in [6.45, 7) is 4.12. The van der Waals surface area contributed by atoms with Crippen molar-refractivity contribution in [2.75, 3.05) is 7.11 Å². The van der Waals surface area contributed by atoms with Crippen molar-refractivity contribution in [2.45, 2.75) is 32.7 Å². The lowest BCUT2D eigenvalue weighted by Gasteiger charge is -2.12. The van der Waals surface area contributed by atoms with E-state index in [0.717, 1.165) is 0 Å². The molecule has 0 aromatic heterocycles. The fraction of sp³-hybridized carbons (Fsp3) is 0.462. The summed E-state index contributed by atoms with van der Waals surface area (Å²) in [6, 6.07) is 6.09. The predicted octanol–water partition coefficient (Wildman–Crippen LogP) is 1.74. The molecule has 1 atom stereocenters. The molecule has 1 rings (SSSR count). The van der Waals surface area contributed by atoms with Gasteiger partial charge in [-0.2, -0.15) is 0 Å². The first-order valence-corrected chi connectivity index (χ1v) is 5.41. The van der Waals surface area contributed by atoms with E-state index in [1.165, 1.54) is 23.8 Å². The van der Waals surface area contributed by atoms with Gasteiger partial charge in [0, 0.05) is 6.04 Å². The van der Waals surface area contributed by atoms with Crippen LogP contribution in [0.25, 0.3) is 0 Å². The van der Waals surface area contributed by atoms with Gasteiger partial charge in [0.25, 0.3) is 0 Å². The molecule has 0 radical (unpaired) electrons. The molecule has 0 bridgehead atoms. The molecule has 3 nitrogen and oxygen atoms in total. The fourth-order valence-electron chi connectivity index (χ4n) is 1.73. The lowest BCUT2D eigenvalue weighted by atomic mass is 9.98. The van der Waals surface area contributed by atoms with E-state index in [0.29, 0.717) is 6.42 Å². The summed E-state index contributed by atoms with van der Waals surface area (Å²) >= 11 is 0. The van der Waals surface area contributed by atoms with E-state index in [4.69, 9.17) is 5.73 Å². The van der Waals surface area contributed by atoms with Gasteiger partial charge in [0.15, 0.2) is 0 Å². The normalized spacial score (nSPS) is 12.2. The number of hydrogen-bond donors (Lipinski definition) is 1. The van der Waals surface area contributed by atoms with Crippen molar-refractivity contribution in [3.8, 4) is 0 Å². The van der Waals surface area contributed by atoms with Crippen LogP contribution in [0.1, 0.15) is 23.1 Å². The summed E-state index contributed by atoms with van der Waals surface area (Å²) in [6.07, 6.45) is 0.977. The van der Waals surface area contributed by atoms with Crippen molar-refractivity contribution in [1.29, 1.82) is 0 Å². The van der Waals surface area contributed by atoms with Crippen molar-refractivity contribution in [2.24, 2.45) is 5.73 Å². The van der Waals surface area contributed by atoms with E-state index in [9.17, 15) is 4.79 Å². The Balaban J connectivity index is 2.62. The van der Waals surface area contributed by atoms with Gasteiger partial charge in [-0.15, -0.1) is 0 Å². The van der Waals surface area contributed by atoms with Gasteiger partial charge in [0.05, 0.1) is 13.5 Å². The number of methoxy groups -OCH3 is 1. The number of benzene rings is 1. The van der Waals surface area contributed by atoms with E-state index in [2.05, 4.69) is 36.8 Å². The first-order valence-electron chi connectivity index (χ1n) is 5.41. The Bertz CT molecular complexity index is 374. The summed E-state index contributed by atoms with van der Waals surface area (Å²) in [5.74, 6) is -0.253. The van der Waals surface area contributed by atoms with Gasteiger partial charge in [-0.05, 0) is 31.4 Å². The van der Waals surface area contributed by atoms with Gasteiger partial charge in [-0.25, -0.2) is 0 Å². The third-order valence-electron chi connectivity index (χ3n) is 2.64. The number of ether oxygens (including phenoxy) is 1. The molecule has 0 heterocycles. The second kappa shape index (κ2) is 5.66. The van der Waals surface area contributed by atoms with Crippen LogP contribution in [0.2, 0.25) is 0 Å². The molecule has 3 heteroatoms. The molecule has 0 fully saturated rings. The lowest BCUT2D eigenvalue weighted by molar-refractivity contribution is -0.140. The Labute approximate surface area is 96.6 Å². The summed E-state index contributed by atoms with van der Waals surface area (Å²) in [5, 5.41) is 0. The van der Waals surface area contributed by atoms with Crippen LogP contribution < -0.4 is 5.73 Å². The molecular weight excluding hydrogens is 202 g/mol. The zero-order valence-electron chi connectivity index (χ0n) is 10.1. The highest BCUT2D eigenvalue weighted by Gasteiger charge is 2.11. The summed E-state index contributed by atoms with van der Waals surface area (Å²) in [5.41, 5.74) is 9.55. The Kier molecular flexibility index (Phi) is 4.50. The molecule has 0 saturated carbocycles. The fourth-order valence-corrected chi connectivity index (χ4v) is 1.73. The summed E-state index contributed by atoms with van der Waals surface area (Å²) < 4.78 is 4.59. The average molecular weight is 221 g/mol. The van der Waals surface area contributed by atoms with Crippen LogP contribution in [0.15, 0.2) is 18.2 Å². The monoisotopic (exact) mass is 221 g/mol. The van der Waals surface area contributed by atoms with Crippen molar-refractivity contribution < 1.29 is 9.53 Å².